The number of hydrogen-bond donors (Lipinski definition) is 1. The van der Waals surface area contributed by atoms with Crippen molar-refractivity contribution in [1.82, 2.24) is 4.90 Å². The van der Waals surface area contributed by atoms with E-state index < -0.39 is 0 Å². The average Bonchev–Trinajstić information content (AvgIpc) is 2.81. The maximum Gasteiger partial charge on any atom is 0.243 e. The molecule has 1 N–H and O–H groups in total. The summed E-state index contributed by atoms with van der Waals surface area (Å²) in [5, 5.41) is 11.5. The first-order valence-electron chi connectivity index (χ1n) is 7.07. The Labute approximate surface area is 124 Å². The zero-order valence-corrected chi connectivity index (χ0v) is 12.3. The maximum absolute atomic E-state index is 12.0. The molecule has 1 saturated heterocycles. The minimum Gasteiger partial charge on any atom is -0.333 e. The van der Waals surface area contributed by atoms with Crippen LogP contribution in [0.25, 0.3) is 0 Å². The first kappa shape index (κ1) is 15.0. The van der Waals surface area contributed by atoms with Crippen LogP contribution in [-0.4, -0.2) is 29.8 Å². The van der Waals surface area contributed by atoms with Crippen LogP contribution >= 0.6 is 0 Å². The lowest BCUT2D eigenvalue weighted by molar-refractivity contribution is -0.131. The zero-order valence-electron chi connectivity index (χ0n) is 12.3. The van der Waals surface area contributed by atoms with E-state index in [4.69, 9.17) is 5.26 Å². The number of nitrogens with zero attached hydrogens (tertiary/aromatic N) is 2. The van der Waals surface area contributed by atoms with E-state index in [0.717, 1.165) is 0 Å². The van der Waals surface area contributed by atoms with Crippen molar-refractivity contribution >= 4 is 17.5 Å². The van der Waals surface area contributed by atoms with E-state index in [1.165, 1.54) is 0 Å². The highest BCUT2D eigenvalue weighted by molar-refractivity contribution is 5.95. The van der Waals surface area contributed by atoms with Crippen molar-refractivity contribution in [3.8, 4) is 6.07 Å². The number of rotatable bonds is 4. The van der Waals surface area contributed by atoms with Crippen LogP contribution in [0.5, 0.6) is 0 Å². The largest absolute Gasteiger partial charge is 0.333 e. The second-order valence-corrected chi connectivity index (χ2v) is 5.72. The molecule has 110 valence electrons. The van der Waals surface area contributed by atoms with Gasteiger partial charge in [-0.05, 0) is 36.1 Å². The predicted octanol–water partition coefficient (Wildman–Crippen LogP) is 2.00. The number of benzene rings is 1. The molecule has 1 atom stereocenters. The summed E-state index contributed by atoms with van der Waals surface area (Å²) in [6.45, 7) is 4.93. The highest BCUT2D eigenvalue weighted by Gasteiger charge is 2.32. The molecule has 0 spiro atoms. The molecule has 0 aliphatic carbocycles. The number of likely N-dealkylation sites (tertiary alicyclic amines) is 1. The van der Waals surface area contributed by atoms with Crippen molar-refractivity contribution in [3.05, 3.63) is 29.8 Å². The number of nitriles is 1. The molecule has 0 saturated carbocycles. The Morgan fingerprint density at radius 3 is 2.62 bits per heavy atom. The lowest BCUT2D eigenvalue weighted by Gasteiger charge is -2.17. The zero-order chi connectivity index (χ0) is 15.4. The molecule has 1 heterocycles. The molecule has 1 unspecified atom stereocenters. The van der Waals surface area contributed by atoms with Gasteiger partial charge in [0, 0.05) is 18.7 Å². The Morgan fingerprint density at radius 1 is 1.43 bits per heavy atom. The first-order valence-corrected chi connectivity index (χ1v) is 7.07. The second-order valence-electron chi connectivity index (χ2n) is 5.72. The van der Waals surface area contributed by atoms with Gasteiger partial charge in [0.05, 0.1) is 18.2 Å². The van der Waals surface area contributed by atoms with Crippen LogP contribution in [0.3, 0.4) is 0 Å². The fourth-order valence-corrected chi connectivity index (χ4v) is 2.40. The molecule has 5 heteroatoms. The fourth-order valence-electron chi connectivity index (χ4n) is 2.40. The van der Waals surface area contributed by atoms with Gasteiger partial charge in [0.1, 0.15) is 0 Å². The molecule has 2 amide bonds. The lowest BCUT2D eigenvalue weighted by atomic mass is 9.95. The van der Waals surface area contributed by atoms with Crippen LogP contribution in [0.1, 0.15) is 25.8 Å². The molecule has 0 bridgehead atoms. The number of hydrogen-bond acceptors (Lipinski definition) is 3. The van der Waals surface area contributed by atoms with Crippen molar-refractivity contribution in [2.24, 2.45) is 11.8 Å². The van der Waals surface area contributed by atoms with Crippen LogP contribution < -0.4 is 5.32 Å². The summed E-state index contributed by atoms with van der Waals surface area (Å²) >= 11 is 0. The van der Waals surface area contributed by atoms with Crippen molar-refractivity contribution in [3.63, 3.8) is 0 Å². The summed E-state index contributed by atoms with van der Waals surface area (Å²) < 4.78 is 0. The van der Waals surface area contributed by atoms with Gasteiger partial charge in [0.2, 0.25) is 11.8 Å². The first-order chi connectivity index (χ1) is 9.99. The van der Waals surface area contributed by atoms with Gasteiger partial charge in [0.15, 0.2) is 0 Å². The third-order valence-electron chi connectivity index (χ3n) is 3.82. The van der Waals surface area contributed by atoms with E-state index in [0.29, 0.717) is 36.1 Å². The van der Waals surface area contributed by atoms with Gasteiger partial charge in [-0.1, -0.05) is 13.8 Å². The van der Waals surface area contributed by atoms with Crippen LogP contribution in [0.15, 0.2) is 24.3 Å². The van der Waals surface area contributed by atoms with Crippen molar-refractivity contribution < 1.29 is 9.59 Å². The summed E-state index contributed by atoms with van der Waals surface area (Å²) in [6, 6.07) is 8.67. The maximum atomic E-state index is 12.0. The van der Waals surface area contributed by atoms with Gasteiger partial charge >= 0.3 is 0 Å². The summed E-state index contributed by atoms with van der Waals surface area (Å²) in [6.07, 6.45) is 0.530. The fraction of sp³-hybridized carbons (Fsp3) is 0.438. The number of anilines is 1. The van der Waals surface area contributed by atoms with E-state index in [1.807, 2.05) is 6.07 Å². The second kappa shape index (κ2) is 6.40. The smallest absolute Gasteiger partial charge is 0.243 e. The van der Waals surface area contributed by atoms with Gasteiger partial charge in [-0.15, -0.1) is 0 Å². The van der Waals surface area contributed by atoms with E-state index in [9.17, 15) is 9.59 Å². The third-order valence-corrected chi connectivity index (χ3v) is 3.82. The quantitative estimate of drug-likeness (QED) is 0.919. The van der Waals surface area contributed by atoms with Crippen LogP contribution in [0, 0.1) is 23.2 Å². The molecule has 1 aliphatic heterocycles. The van der Waals surface area contributed by atoms with Crippen molar-refractivity contribution in [1.29, 1.82) is 5.26 Å². The molecule has 0 radical (unpaired) electrons. The number of carbonyl (C=O) groups excluding carboxylic acids is 2. The topological polar surface area (TPSA) is 73.2 Å². The summed E-state index contributed by atoms with van der Waals surface area (Å²) in [5.41, 5.74) is 1.17. The molecule has 5 nitrogen and oxygen atoms in total. The molecule has 1 aromatic rings. The monoisotopic (exact) mass is 285 g/mol. The van der Waals surface area contributed by atoms with Crippen molar-refractivity contribution in [2.45, 2.75) is 20.3 Å². The number of nitrogens with one attached hydrogen (secondary N) is 1. The van der Waals surface area contributed by atoms with Crippen LogP contribution in [-0.2, 0) is 9.59 Å². The van der Waals surface area contributed by atoms with Gasteiger partial charge < -0.3 is 10.2 Å². The molecule has 0 aromatic heterocycles. The Bertz CT molecular complexity index is 572. The summed E-state index contributed by atoms with van der Waals surface area (Å²) in [5.74, 6) is 0.613. The summed E-state index contributed by atoms with van der Waals surface area (Å²) in [7, 11) is 0. The molecule has 1 fully saturated rings. The van der Waals surface area contributed by atoms with Gasteiger partial charge in [-0.3, -0.25) is 9.59 Å². The molecule has 21 heavy (non-hydrogen) atoms. The number of carbonyl (C=O) groups is 2. The Kier molecular flexibility index (Phi) is 4.59. The normalized spacial score (nSPS) is 17.9. The van der Waals surface area contributed by atoms with Crippen LogP contribution in [0.4, 0.5) is 5.69 Å². The summed E-state index contributed by atoms with van der Waals surface area (Å²) in [4.78, 5) is 25.5. The van der Waals surface area contributed by atoms with Crippen LogP contribution in [0.2, 0.25) is 0 Å². The highest BCUT2D eigenvalue weighted by Crippen LogP contribution is 2.24. The average molecular weight is 285 g/mol. The van der Waals surface area contributed by atoms with Gasteiger partial charge in [-0.25, -0.2) is 0 Å². The van der Waals surface area contributed by atoms with E-state index in [-0.39, 0.29) is 18.4 Å². The van der Waals surface area contributed by atoms with E-state index >= 15 is 0 Å². The number of amides is 2. The SMILES string of the molecule is CC(C)C1CC(=O)N(CC(=O)Nc2ccc(C#N)cc2)C1. The lowest BCUT2D eigenvalue weighted by Crippen LogP contribution is -2.34. The molecular formula is C16H19N3O2. The molecule has 1 aromatic carbocycles. The van der Waals surface area contributed by atoms with E-state index in [2.05, 4.69) is 19.2 Å². The van der Waals surface area contributed by atoms with Gasteiger partial charge in [-0.2, -0.15) is 5.26 Å². The molecule has 1 aliphatic rings. The molecular weight excluding hydrogens is 266 g/mol. The van der Waals surface area contributed by atoms with Crippen molar-refractivity contribution in [2.75, 3.05) is 18.4 Å². The minimum absolute atomic E-state index is 0.0451. The highest BCUT2D eigenvalue weighted by atomic mass is 16.2. The predicted molar refractivity (Wildman–Crippen MR) is 79.3 cm³/mol. The van der Waals surface area contributed by atoms with E-state index in [1.54, 1.807) is 29.2 Å². The standard InChI is InChI=1S/C16H19N3O2/c1-11(2)13-7-16(21)19(9-13)10-15(20)18-14-5-3-12(8-17)4-6-14/h3-6,11,13H,7,9-10H2,1-2H3,(H,18,20). The Morgan fingerprint density at radius 2 is 2.10 bits per heavy atom. The minimum atomic E-state index is -0.211. The van der Waals surface area contributed by atoms with Gasteiger partial charge in [0.25, 0.3) is 0 Å². The Hall–Kier alpha value is -2.35. The molecule has 2 rings (SSSR count). The third kappa shape index (κ3) is 3.82. The Balaban J connectivity index is 1.90.